The summed E-state index contributed by atoms with van der Waals surface area (Å²) in [6, 6.07) is 8.25. The predicted octanol–water partition coefficient (Wildman–Crippen LogP) is 5.81. The van der Waals surface area contributed by atoms with E-state index >= 15 is 0 Å². The van der Waals surface area contributed by atoms with Crippen LogP contribution in [0.15, 0.2) is 41.3 Å². The molecule has 2 aromatic carbocycles. The van der Waals surface area contributed by atoms with Crippen LogP contribution in [0.2, 0.25) is 0 Å². The first kappa shape index (κ1) is 23.6. The number of ketones is 1. The Morgan fingerprint density at radius 3 is 2.55 bits per heavy atom. The van der Waals surface area contributed by atoms with Gasteiger partial charge >= 0.3 is 6.18 Å². The second-order valence-corrected chi connectivity index (χ2v) is 8.80. The van der Waals surface area contributed by atoms with Crippen LogP contribution in [0, 0.1) is 5.82 Å². The topological polar surface area (TPSA) is 29.5 Å². The Bertz CT molecular complexity index is 938. The third kappa shape index (κ3) is 4.90. The number of Topliss-reactive ketones (excluding diaryl/α,β-unsaturated/α-hetero) is 1. The highest BCUT2D eigenvalue weighted by atomic mass is 32.2. The maximum atomic E-state index is 14.8. The van der Waals surface area contributed by atoms with Crippen molar-refractivity contribution in [2.75, 3.05) is 33.5 Å². The molecule has 0 unspecified atom stereocenters. The Morgan fingerprint density at radius 2 is 1.97 bits per heavy atom. The summed E-state index contributed by atoms with van der Waals surface area (Å²) in [5.41, 5.74) is -1.05. The van der Waals surface area contributed by atoms with Crippen molar-refractivity contribution in [2.45, 2.75) is 35.7 Å². The van der Waals surface area contributed by atoms with E-state index in [-0.39, 0.29) is 34.2 Å². The molecule has 8 heteroatoms. The maximum absolute atomic E-state index is 14.8. The minimum Gasteiger partial charge on any atom is -0.496 e. The number of piperidine rings is 1. The first-order chi connectivity index (χ1) is 14.6. The molecule has 1 fully saturated rings. The van der Waals surface area contributed by atoms with Gasteiger partial charge in [-0.05, 0) is 56.5 Å². The molecule has 0 radical (unpaired) electrons. The van der Waals surface area contributed by atoms with E-state index in [1.165, 1.54) is 13.2 Å². The summed E-state index contributed by atoms with van der Waals surface area (Å²) in [7, 11) is 3.17. The smallest absolute Gasteiger partial charge is 0.416 e. The molecule has 3 nitrogen and oxygen atoms in total. The molecule has 0 aromatic heterocycles. The molecule has 31 heavy (non-hydrogen) atoms. The number of rotatable bonds is 6. The van der Waals surface area contributed by atoms with Crippen LogP contribution in [0.5, 0.6) is 5.75 Å². The summed E-state index contributed by atoms with van der Waals surface area (Å²) >= 11 is 1.06. The van der Waals surface area contributed by atoms with Crippen molar-refractivity contribution in [1.29, 1.82) is 0 Å². The number of likely N-dealkylation sites (tertiary alicyclic amines) is 1. The van der Waals surface area contributed by atoms with Crippen LogP contribution in [0.3, 0.4) is 0 Å². The zero-order chi connectivity index (χ0) is 22.8. The largest absolute Gasteiger partial charge is 0.496 e. The van der Waals surface area contributed by atoms with Gasteiger partial charge in [-0.1, -0.05) is 18.2 Å². The van der Waals surface area contributed by atoms with Gasteiger partial charge in [-0.15, -0.1) is 11.8 Å². The van der Waals surface area contributed by atoms with Gasteiger partial charge in [0.25, 0.3) is 0 Å². The van der Waals surface area contributed by atoms with Crippen LogP contribution in [-0.2, 0) is 11.6 Å². The van der Waals surface area contributed by atoms with Crippen molar-refractivity contribution in [1.82, 2.24) is 4.90 Å². The molecule has 0 amide bonds. The number of alkyl halides is 3. The summed E-state index contributed by atoms with van der Waals surface area (Å²) < 4.78 is 59.9. The predicted molar refractivity (Wildman–Crippen MR) is 114 cm³/mol. The Labute approximate surface area is 183 Å². The molecule has 1 atom stereocenters. The quantitative estimate of drug-likeness (QED) is 0.312. The molecule has 1 aliphatic heterocycles. The number of carbonyl (C=O) groups excluding carboxylic acids is 1. The third-order valence-electron chi connectivity index (χ3n) is 5.82. The SMILES string of the molecule is COc1cc(C(F)(F)F)cc(SC)c1C(=O)C[C@@]1(c2ccccc2F)CCCN(C)C1. The van der Waals surface area contributed by atoms with Crippen LogP contribution in [-0.4, -0.2) is 44.2 Å². The number of ether oxygens (including phenoxy) is 1. The highest BCUT2D eigenvalue weighted by Crippen LogP contribution is 2.43. The van der Waals surface area contributed by atoms with Crippen LogP contribution in [0.4, 0.5) is 17.6 Å². The summed E-state index contributed by atoms with van der Waals surface area (Å²) in [4.78, 5) is 15.8. The number of hydrogen-bond donors (Lipinski definition) is 0. The third-order valence-corrected chi connectivity index (χ3v) is 6.59. The Kier molecular flexibility index (Phi) is 7.01. The van der Waals surface area contributed by atoms with Gasteiger partial charge in [-0.2, -0.15) is 13.2 Å². The van der Waals surface area contributed by atoms with Crippen molar-refractivity contribution < 1.29 is 27.1 Å². The van der Waals surface area contributed by atoms with E-state index in [9.17, 15) is 22.4 Å². The second kappa shape index (κ2) is 9.20. The number of thioether (sulfide) groups is 1. The molecule has 1 aliphatic rings. The van der Waals surface area contributed by atoms with E-state index in [1.54, 1.807) is 24.5 Å². The van der Waals surface area contributed by atoms with Crippen molar-refractivity contribution in [3.63, 3.8) is 0 Å². The molecule has 0 saturated carbocycles. The molecule has 3 rings (SSSR count). The Hall–Kier alpha value is -2.06. The van der Waals surface area contributed by atoms with Crippen LogP contribution >= 0.6 is 11.8 Å². The van der Waals surface area contributed by atoms with Gasteiger partial charge in [0.05, 0.1) is 18.2 Å². The number of benzene rings is 2. The van der Waals surface area contributed by atoms with E-state index in [2.05, 4.69) is 4.90 Å². The first-order valence-corrected chi connectivity index (χ1v) is 11.1. The first-order valence-electron chi connectivity index (χ1n) is 9.91. The number of nitrogens with zero attached hydrogens (tertiary/aromatic N) is 1. The number of carbonyl (C=O) groups is 1. The van der Waals surface area contributed by atoms with E-state index in [4.69, 9.17) is 4.74 Å². The van der Waals surface area contributed by atoms with Gasteiger partial charge < -0.3 is 9.64 Å². The summed E-state index contributed by atoms with van der Waals surface area (Å²) in [6.45, 7) is 1.32. The number of hydrogen-bond acceptors (Lipinski definition) is 4. The lowest BCUT2D eigenvalue weighted by Gasteiger charge is -2.42. The number of likely N-dealkylation sites (N-methyl/N-ethyl adjacent to an activating group) is 1. The average Bonchev–Trinajstić information content (AvgIpc) is 2.72. The van der Waals surface area contributed by atoms with Crippen LogP contribution < -0.4 is 4.74 Å². The van der Waals surface area contributed by atoms with Gasteiger partial charge in [0, 0.05) is 23.3 Å². The van der Waals surface area contributed by atoms with E-state index < -0.39 is 17.2 Å². The van der Waals surface area contributed by atoms with Crippen molar-refractivity contribution in [3.8, 4) is 5.75 Å². The summed E-state index contributed by atoms with van der Waals surface area (Å²) in [6.07, 6.45) is -1.56. The van der Waals surface area contributed by atoms with Gasteiger partial charge in [-0.25, -0.2) is 4.39 Å². The molecule has 1 saturated heterocycles. The minimum atomic E-state index is -4.56. The highest BCUT2D eigenvalue weighted by molar-refractivity contribution is 7.98. The molecule has 1 heterocycles. The molecular formula is C23H25F4NO2S. The van der Waals surface area contributed by atoms with Crippen molar-refractivity contribution >= 4 is 17.5 Å². The van der Waals surface area contributed by atoms with Gasteiger partial charge in [0.15, 0.2) is 5.78 Å². The Balaban J connectivity index is 2.08. The molecule has 0 aliphatic carbocycles. The fourth-order valence-corrected chi connectivity index (χ4v) is 5.12. The summed E-state index contributed by atoms with van der Waals surface area (Å²) in [5, 5.41) is 0. The monoisotopic (exact) mass is 455 g/mol. The molecule has 0 bridgehead atoms. The molecule has 0 spiro atoms. The number of methoxy groups -OCH3 is 1. The van der Waals surface area contributed by atoms with Crippen LogP contribution in [0.1, 0.15) is 40.7 Å². The minimum absolute atomic E-state index is 0.0203. The zero-order valence-corrected chi connectivity index (χ0v) is 18.5. The van der Waals surface area contributed by atoms with E-state index in [1.807, 2.05) is 7.05 Å². The van der Waals surface area contributed by atoms with Gasteiger partial charge in [0.2, 0.25) is 0 Å². The fraction of sp³-hybridized carbons (Fsp3) is 0.435. The van der Waals surface area contributed by atoms with Crippen LogP contribution in [0.25, 0.3) is 0 Å². The van der Waals surface area contributed by atoms with E-state index in [0.29, 0.717) is 18.5 Å². The number of halogens is 4. The lowest BCUT2D eigenvalue weighted by Crippen LogP contribution is -2.46. The fourth-order valence-electron chi connectivity index (χ4n) is 4.46. The second-order valence-electron chi connectivity index (χ2n) is 7.95. The average molecular weight is 456 g/mol. The van der Waals surface area contributed by atoms with Gasteiger partial charge in [0.1, 0.15) is 11.6 Å². The standard InChI is InChI=1S/C23H25F4NO2S/c1-28-10-6-9-22(14-28,16-7-4-5-8-17(16)24)13-18(29)21-19(30-2)11-15(23(25,26)27)12-20(21)31-3/h4-5,7-8,11-12H,6,9-10,13-14H2,1-3H3/t22-/m0/s1. The molecular weight excluding hydrogens is 430 g/mol. The molecule has 0 N–H and O–H groups in total. The summed E-state index contributed by atoms with van der Waals surface area (Å²) in [5.74, 6) is -0.847. The molecule has 168 valence electrons. The van der Waals surface area contributed by atoms with Crippen molar-refractivity contribution in [3.05, 3.63) is 58.9 Å². The lowest BCUT2D eigenvalue weighted by atomic mass is 9.70. The van der Waals surface area contributed by atoms with Crippen molar-refractivity contribution in [2.24, 2.45) is 0 Å². The Morgan fingerprint density at radius 1 is 1.26 bits per heavy atom. The lowest BCUT2D eigenvalue weighted by molar-refractivity contribution is -0.137. The van der Waals surface area contributed by atoms with E-state index in [0.717, 1.165) is 36.9 Å². The van der Waals surface area contributed by atoms with Gasteiger partial charge in [-0.3, -0.25) is 4.79 Å². The zero-order valence-electron chi connectivity index (χ0n) is 17.7. The highest BCUT2D eigenvalue weighted by Gasteiger charge is 2.41. The maximum Gasteiger partial charge on any atom is 0.416 e. The normalized spacial score (nSPS) is 20.0. The molecule has 2 aromatic rings.